The van der Waals surface area contributed by atoms with E-state index >= 15 is 0 Å². The number of hydrogen-bond acceptors (Lipinski definition) is 3. The van der Waals surface area contributed by atoms with E-state index in [0.29, 0.717) is 18.9 Å². The van der Waals surface area contributed by atoms with Gasteiger partial charge in [0.05, 0.1) is 14.2 Å². The molecule has 138 valence electrons. The molecule has 2 aromatic carbocycles. The first-order chi connectivity index (χ1) is 12.6. The molecule has 1 saturated carbocycles. The summed E-state index contributed by atoms with van der Waals surface area (Å²) in [6, 6.07) is 14.1. The molecule has 1 amide bonds. The average Bonchev–Trinajstić information content (AvgIpc) is 3.50. The Morgan fingerprint density at radius 2 is 1.85 bits per heavy atom. The number of ether oxygens (including phenoxy) is 2. The van der Waals surface area contributed by atoms with Crippen LogP contribution in [0.2, 0.25) is 0 Å². The summed E-state index contributed by atoms with van der Waals surface area (Å²) in [6.45, 7) is 2.60. The minimum absolute atomic E-state index is 0.103. The molecule has 1 unspecified atom stereocenters. The lowest BCUT2D eigenvalue weighted by atomic mass is 9.89. The van der Waals surface area contributed by atoms with Gasteiger partial charge in [-0.15, -0.1) is 0 Å². The van der Waals surface area contributed by atoms with Gasteiger partial charge in [0.2, 0.25) is 5.91 Å². The Morgan fingerprint density at radius 1 is 1.12 bits per heavy atom. The van der Waals surface area contributed by atoms with Crippen LogP contribution in [0.25, 0.3) is 0 Å². The van der Waals surface area contributed by atoms with Crippen molar-refractivity contribution in [1.82, 2.24) is 5.32 Å². The molecule has 1 N–H and O–H groups in total. The lowest BCUT2D eigenvalue weighted by Gasteiger charge is -2.18. The first-order valence-electron chi connectivity index (χ1n) is 9.15. The van der Waals surface area contributed by atoms with E-state index in [1.54, 1.807) is 14.2 Å². The van der Waals surface area contributed by atoms with Crippen molar-refractivity contribution in [3.05, 3.63) is 59.2 Å². The molecule has 0 spiro atoms. The third-order valence-corrected chi connectivity index (χ3v) is 5.09. The molecule has 1 aliphatic rings. The van der Waals surface area contributed by atoms with Crippen molar-refractivity contribution in [2.45, 2.75) is 38.6 Å². The quantitative estimate of drug-likeness (QED) is 0.773. The topological polar surface area (TPSA) is 47.6 Å². The van der Waals surface area contributed by atoms with E-state index in [1.165, 1.54) is 18.4 Å². The smallest absolute Gasteiger partial charge is 0.220 e. The normalized spacial score (nSPS) is 14.6. The van der Waals surface area contributed by atoms with Crippen molar-refractivity contribution in [1.29, 1.82) is 0 Å². The third kappa shape index (κ3) is 4.57. The summed E-state index contributed by atoms with van der Waals surface area (Å²) >= 11 is 0. The zero-order valence-corrected chi connectivity index (χ0v) is 15.7. The Morgan fingerprint density at radius 3 is 2.42 bits per heavy atom. The van der Waals surface area contributed by atoms with Gasteiger partial charge >= 0.3 is 0 Å². The summed E-state index contributed by atoms with van der Waals surface area (Å²) < 4.78 is 10.5. The fourth-order valence-corrected chi connectivity index (χ4v) is 3.40. The van der Waals surface area contributed by atoms with Crippen molar-refractivity contribution in [2.75, 3.05) is 14.2 Å². The number of amides is 1. The number of aryl methyl sites for hydroxylation is 1. The maximum atomic E-state index is 12.5. The molecule has 1 aliphatic carbocycles. The van der Waals surface area contributed by atoms with Crippen LogP contribution in [0.1, 0.15) is 41.9 Å². The van der Waals surface area contributed by atoms with Crippen LogP contribution in [0.4, 0.5) is 0 Å². The molecule has 26 heavy (non-hydrogen) atoms. The molecule has 4 nitrogen and oxygen atoms in total. The number of rotatable bonds is 8. The Hall–Kier alpha value is -2.49. The first-order valence-corrected chi connectivity index (χ1v) is 9.15. The second kappa shape index (κ2) is 8.26. The minimum Gasteiger partial charge on any atom is -0.497 e. The Balaban J connectivity index is 1.60. The second-order valence-electron chi connectivity index (χ2n) is 7.00. The highest BCUT2D eigenvalue weighted by molar-refractivity contribution is 5.77. The van der Waals surface area contributed by atoms with Crippen LogP contribution in [0.3, 0.4) is 0 Å². The summed E-state index contributed by atoms with van der Waals surface area (Å²) in [5, 5.41) is 3.05. The Bertz CT molecular complexity index is 750. The van der Waals surface area contributed by atoms with Crippen LogP contribution in [0, 0.1) is 12.8 Å². The van der Waals surface area contributed by atoms with E-state index in [2.05, 4.69) is 24.4 Å². The SMILES string of the molecule is COc1ccc(CNC(=O)CC(c2ccc(OC)c(C)c2)C2CC2)cc1. The van der Waals surface area contributed by atoms with Gasteiger partial charge in [-0.1, -0.05) is 24.3 Å². The average molecular weight is 353 g/mol. The van der Waals surface area contributed by atoms with Crippen molar-refractivity contribution < 1.29 is 14.3 Å². The van der Waals surface area contributed by atoms with Crippen LogP contribution in [0.15, 0.2) is 42.5 Å². The van der Waals surface area contributed by atoms with Gasteiger partial charge in [0, 0.05) is 13.0 Å². The maximum Gasteiger partial charge on any atom is 0.220 e. The molecule has 2 aromatic rings. The van der Waals surface area contributed by atoms with Gasteiger partial charge in [0.25, 0.3) is 0 Å². The van der Waals surface area contributed by atoms with Crippen LogP contribution < -0.4 is 14.8 Å². The van der Waals surface area contributed by atoms with E-state index in [1.807, 2.05) is 30.3 Å². The molecule has 0 bridgehead atoms. The van der Waals surface area contributed by atoms with Crippen molar-refractivity contribution in [3.63, 3.8) is 0 Å². The lowest BCUT2D eigenvalue weighted by Crippen LogP contribution is -2.25. The number of carbonyl (C=O) groups is 1. The third-order valence-electron chi connectivity index (χ3n) is 5.09. The number of hydrogen-bond donors (Lipinski definition) is 1. The molecule has 1 fully saturated rings. The number of methoxy groups -OCH3 is 2. The molecule has 0 radical (unpaired) electrons. The van der Waals surface area contributed by atoms with E-state index < -0.39 is 0 Å². The fourth-order valence-electron chi connectivity index (χ4n) is 3.40. The van der Waals surface area contributed by atoms with Gasteiger partial charge in [-0.05, 0) is 66.5 Å². The zero-order valence-electron chi connectivity index (χ0n) is 15.7. The predicted octanol–water partition coefficient (Wildman–Crippen LogP) is 4.21. The summed E-state index contributed by atoms with van der Waals surface area (Å²) in [7, 11) is 3.34. The van der Waals surface area contributed by atoms with Gasteiger partial charge in [-0.2, -0.15) is 0 Å². The van der Waals surface area contributed by atoms with E-state index in [-0.39, 0.29) is 11.8 Å². The van der Waals surface area contributed by atoms with Gasteiger partial charge in [-0.3, -0.25) is 4.79 Å². The van der Waals surface area contributed by atoms with E-state index in [0.717, 1.165) is 22.6 Å². The highest BCUT2D eigenvalue weighted by Gasteiger charge is 2.33. The highest BCUT2D eigenvalue weighted by Crippen LogP contribution is 2.45. The molecule has 4 heteroatoms. The van der Waals surface area contributed by atoms with Crippen LogP contribution in [0.5, 0.6) is 11.5 Å². The predicted molar refractivity (Wildman–Crippen MR) is 103 cm³/mol. The Labute approximate surface area is 155 Å². The van der Waals surface area contributed by atoms with Gasteiger partial charge in [0.15, 0.2) is 0 Å². The van der Waals surface area contributed by atoms with Gasteiger partial charge in [-0.25, -0.2) is 0 Å². The summed E-state index contributed by atoms with van der Waals surface area (Å²) in [5.41, 5.74) is 3.43. The minimum atomic E-state index is 0.103. The molecule has 3 rings (SSSR count). The lowest BCUT2D eigenvalue weighted by molar-refractivity contribution is -0.121. The number of nitrogens with one attached hydrogen (secondary N) is 1. The molecule has 1 atom stereocenters. The fraction of sp³-hybridized carbons (Fsp3) is 0.409. The summed E-state index contributed by atoms with van der Waals surface area (Å²) in [4.78, 5) is 12.5. The molecule has 0 aromatic heterocycles. The van der Waals surface area contributed by atoms with Crippen molar-refractivity contribution >= 4 is 5.91 Å². The monoisotopic (exact) mass is 353 g/mol. The van der Waals surface area contributed by atoms with Crippen LogP contribution in [-0.4, -0.2) is 20.1 Å². The Kier molecular flexibility index (Phi) is 5.82. The number of carbonyl (C=O) groups excluding carboxylic acids is 1. The van der Waals surface area contributed by atoms with E-state index in [4.69, 9.17) is 9.47 Å². The molecule has 0 heterocycles. The molecule has 0 aliphatic heterocycles. The van der Waals surface area contributed by atoms with Crippen molar-refractivity contribution in [2.24, 2.45) is 5.92 Å². The molecular formula is C22H27NO3. The second-order valence-corrected chi connectivity index (χ2v) is 7.00. The maximum absolute atomic E-state index is 12.5. The molecular weight excluding hydrogens is 326 g/mol. The first kappa shape index (κ1) is 18.3. The van der Waals surface area contributed by atoms with Crippen LogP contribution >= 0.6 is 0 Å². The van der Waals surface area contributed by atoms with Gasteiger partial charge in [0.1, 0.15) is 11.5 Å². The highest BCUT2D eigenvalue weighted by atomic mass is 16.5. The van der Waals surface area contributed by atoms with Gasteiger partial charge < -0.3 is 14.8 Å². The molecule has 0 saturated heterocycles. The van der Waals surface area contributed by atoms with Crippen molar-refractivity contribution in [3.8, 4) is 11.5 Å². The number of benzene rings is 2. The standard InChI is InChI=1S/C22H27NO3/c1-15-12-18(8-11-21(15)26-3)20(17-6-7-17)13-22(24)23-14-16-4-9-19(25-2)10-5-16/h4-5,8-12,17,20H,6-7,13-14H2,1-3H3,(H,23,24). The van der Waals surface area contributed by atoms with Crippen LogP contribution in [-0.2, 0) is 11.3 Å². The zero-order chi connectivity index (χ0) is 18.5. The van der Waals surface area contributed by atoms with E-state index in [9.17, 15) is 4.79 Å². The summed E-state index contributed by atoms with van der Waals surface area (Å²) in [6.07, 6.45) is 2.95. The largest absolute Gasteiger partial charge is 0.497 e. The summed E-state index contributed by atoms with van der Waals surface area (Å²) in [5.74, 6) is 2.73.